The highest BCUT2D eigenvalue weighted by Gasteiger charge is 2.19. The van der Waals surface area contributed by atoms with Gasteiger partial charge in [-0.15, -0.1) is 0 Å². The fourth-order valence-corrected chi connectivity index (χ4v) is 2.97. The lowest BCUT2D eigenvalue weighted by atomic mass is 10.2. The van der Waals surface area contributed by atoms with E-state index in [1.807, 2.05) is 6.07 Å². The smallest absolute Gasteiger partial charge is 0.141 e. The number of rotatable bonds is 4. The summed E-state index contributed by atoms with van der Waals surface area (Å²) in [4.78, 5) is 8.59. The number of nitrogens with zero attached hydrogens (tertiary/aromatic N) is 3. The number of β-amino-alcohol motifs (C(OH)–C–C–N with tert-alkyl or cyclic N) is 1. The van der Waals surface area contributed by atoms with Gasteiger partial charge in [0.05, 0.1) is 11.9 Å². The Morgan fingerprint density at radius 1 is 1.04 bits per heavy atom. The van der Waals surface area contributed by atoms with Crippen LogP contribution in [0.4, 0.5) is 10.1 Å². The van der Waals surface area contributed by atoms with Gasteiger partial charge in [-0.25, -0.2) is 4.39 Å². The highest BCUT2D eigenvalue weighted by Crippen LogP contribution is 2.18. The number of aliphatic hydroxyl groups excluding tert-OH is 1. The fraction of sp³-hybridized carbons (Fsp3) is 0.389. The first-order chi connectivity index (χ1) is 11.2. The minimum atomic E-state index is -0.682. The van der Waals surface area contributed by atoms with Crippen LogP contribution in [0, 0.1) is 5.82 Å². The Labute approximate surface area is 136 Å². The van der Waals surface area contributed by atoms with Gasteiger partial charge in [-0.2, -0.15) is 0 Å². The first-order valence-electron chi connectivity index (χ1n) is 8.04. The fourth-order valence-electron chi connectivity index (χ4n) is 2.97. The summed E-state index contributed by atoms with van der Waals surface area (Å²) in [6, 6.07) is 13.3. The molecule has 1 aromatic heterocycles. The summed E-state index contributed by atoms with van der Waals surface area (Å²) in [5.41, 5.74) is 1.77. The molecular weight excluding hydrogens is 293 g/mol. The number of halogens is 1. The van der Waals surface area contributed by atoms with Crippen LogP contribution in [0.25, 0.3) is 0 Å². The second-order valence-electron chi connectivity index (χ2n) is 5.89. The first-order valence-corrected chi connectivity index (χ1v) is 8.04. The van der Waals surface area contributed by atoms with Crippen molar-refractivity contribution < 1.29 is 9.50 Å². The minimum absolute atomic E-state index is 0.380. The predicted octanol–water partition coefficient (Wildman–Crippen LogP) is 2.47. The average molecular weight is 315 g/mol. The van der Waals surface area contributed by atoms with E-state index in [0.29, 0.717) is 12.2 Å². The molecule has 122 valence electrons. The molecule has 2 aromatic rings. The lowest BCUT2D eigenvalue weighted by Gasteiger charge is -2.24. The molecule has 1 aromatic carbocycles. The number of para-hydroxylation sites is 1. The predicted molar refractivity (Wildman–Crippen MR) is 88.9 cm³/mol. The van der Waals surface area contributed by atoms with E-state index in [1.165, 1.54) is 11.8 Å². The Balaban J connectivity index is 1.57. The molecule has 4 nitrogen and oxygen atoms in total. The number of hydrogen-bond acceptors (Lipinski definition) is 4. The summed E-state index contributed by atoms with van der Waals surface area (Å²) in [5.74, 6) is -0.380. The third-order valence-corrected chi connectivity index (χ3v) is 4.23. The van der Waals surface area contributed by atoms with Crippen molar-refractivity contribution in [2.24, 2.45) is 0 Å². The number of benzene rings is 1. The van der Waals surface area contributed by atoms with Gasteiger partial charge in [0.1, 0.15) is 11.9 Å². The third kappa shape index (κ3) is 4.27. The molecular formula is C18H22FN3O. The summed E-state index contributed by atoms with van der Waals surface area (Å²) in [5, 5.41) is 10.3. The number of hydrogen-bond donors (Lipinski definition) is 1. The van der Waals surface area contributed by atoms with Crippen LogP contribution >= 0.6 is 0 Å². The maximum atomic E-state index is 12.9. The largest absolute Gasteiger partial charge is 0.385 e. The van der Waals surface area contributed by atoms with Crippen LogP contribution in [0.1, 0.15) is 18.2 Å². The number of pyridine rings is 1. The van der Waals surface area contributed by atoms with Crippen LogP contribution in [0.5, 0.6) is 0 Å². The molecule has 0 radical (unpaired) electrons. The van der Waals surface area contributed by atoms with Gasteiger partial charge in [-0.05, 0) is 30.7 Å². The Morgan fingerprint density at radius 2 is 1.87 bits per heavy atom. The Morgan fingerprint density at radius 3 is 2.61 bits per heavy atom. The first kappa shape index (κ1) is 15.9. The lowest BCUT2D eigenvalue weighted by molar-refractivity contribution is 0.113. The van der Waals surface area contributed by atoms with Crippen LogP contribution in [-0.2, 0) is 0 Å². The highest BCUT2D eigenvalue weighted by molar-refractivity contribution is 5.46. The lowest BCUT2D eigenvalue weighted by Crippen LogP contribution is -2.33. The topological polar surface area (TPSA) is 39.6 Å². The van der Waals surface area contributed by atoms with E-state index >= 15 is 0 Å². The van der Waals surface area contributed by atoms with E-state index in [0.717, 1.165) is 38.8 Å². The van der Waals surface area contributed by atoms with Gasteiger partial charge in [-0.1, -0.05) is 18.2 Å². The van der Waals surface area contributed by atoms with Crippen LogP contribution in [-0.4, -0.2) is 47.7 Å². The standard InChI is InChI=1S/C18H22FN3O/c19-15-7-8-17(20-13-15)18(23)14-21-9-4-10-22(12-11-21)16-5-2-1-3-6-16/h1-3,5-8,13,18,23H,4,9-12,14H2. The van der Waals surface area contributed by atoms with Crippen molar-refractivity contribution in [1.29, 1.82) is 0 Å². The quantitative estimate of drug-likeness (QED) is 0.941. The zero-order valence-corrected chi connectivity index (χ0v) is 13.1. The van der Waals surface area contributed by atoms with E-state index in [4.69, 9.17) is 0 Å². The molecule has 0 bridgehead atoms. The molecule has 23 heavy (non-hydrogen) atoms. The molecule has 0 amide bonds. The van der Waals surface area contributed by atoms with Gasteiger partial charge in [0.25, 0.3) is 0 Å². The van der Waals surface area contributed by atoms with E-state index in [9.17, 15) is 9.50 Å². The molecule has 1 unspecified atom stereocenters. The SMILES string of the molecule is OC(CN1CCCN(c2ccccc2)CC1)c1ccc(F)cn1. The summed E-state index contributed by atoms with van der Waals surface area (Å²) >= 11 is 0. The molecule has 0 aliphatic carbocycles. The molecule has 5 heteroatoms. The van der Waals surface area contributed by atoms with Crippen LogP contribution in [0.3, 0.4) is 0 Å². The maximum absolute atomic E-state index is 12.9. The van der Waals surface area contributed by atoms with Gasteiger partial charge in [0.15, 0.2) is 0 Å². The molecule has 0 spiro atoms. The van der Waals surface area contributed by atoms with Crippen molar-refractivity contribution in [2.75, 3.05) is 37.6 Å². The maximum Gasteiger partial charge on any atom is 0.141 e. The average Bonchev–Trinajstić information content (AvgIpc) is 2.82. The van der Waals surface area contributed by atoms with Crippen LogP contribution < -0.4 is 4.90 Å². The molecule has 0 saturated carbocycles. The zero-order chi connectivity index (χ0) is 16.1. The Kier molecular flexibility index (Phi) is 5.20. The normalized spacial score (nSPS) is 17.7. The van der Waals surface area contributed by atoms with Crippen LogP contribution in [0.2, 0.25) is 0 Å². The number of aliphatic hydroxyl groups is 1. The molecule has 1 fully saturated rings. The molecule has 1 saturated heterocycles. The molecule has 1 aliphatic rings. The van der Waals surface area contributed by atoms with Gasteiger partial charge < -0.3 is 10.0 Å². The molecule has 1 atom stereocenters. The minimum Gasteiger partial charge on any atom is -0.385 e. The van der Waals surface area contributed by atoms with E-state index < -0.39 is 6.10 Å². The van der Waals surface area contributed by atoms with Gasteiger partial charge in [0.2, 0.25) is 0 Å². The van der Waals surface area contributed by atoms with E-state index in [2.05, 4.69) is 39.0 Å². The summed E-state index contributed by atoms with van der Waals surface area (Å²) in [6.45, 7) is 4.33. The van der Waals surface area contributed by atoms with Gasteiger partial charge in [-0.3, -0.25) is 9.88 Å². The van der Waals surface area contributed by atoms with Gasteiger partial charge >= 0.3 is 0 Å². The zero-order valence-electron chi connectivity index (χ0n) is 13.1. The number of anilines is 1. The summed E-state index contributed by atoms with van der Waals surface area (Å²) in [6.07, 6.45) is 1.52. The van der Waals surface area contributed by atoms with Crippen molar-refractivity contribution in [2.45, 2.75) is 12.5 Å². The second-order valence-corrected chi connectivity index (χ2v) is 5.89. The van der Waals surface area contributed by atoms with E-state index in [-0.39, 0.29) is 5.82 Å². The third-order valence-electron chi connectivity index (χ3n) is 4.23. The number of aromatic nitrogens is 1. The molecule has 2 heterocycles. The Hall–Kier alpha value is -1.98. The molecule has 1 N–H and O–H groups in total. The molecule has 1 aliphatic heterocycles. The van der Waals surface area contributed by atoms with E-state index in [1.54, 1.807) is 6.07 Å². The highest BCUT2D eigenvalue weighted by atomic mass is 19.1. The van der Waals surface area contributed by atoms with Crippen molar-refractivity contribution in [3.05, 3.63) is 60.2 Å². The monoisotopic (exact) mass is 315 g/mol. The van der Waals surface area contributed by atoms with Crippen molar-refractivity contribution in [3.63, 3.8) is 0 Å². The van der Waals surface area contributed by atoms with Crippen molar-refractivity contribution >= 4 is 5.69 Å². The summed E-state index contributed by atoms with van der Waals surface area (Å²) < 4.78 is 12.9. The van der Waals surface area contributed by atoms with Crippen LogP contribution in [0.15, 0.2) is 48.7 Å². The Bertz CT molecular complexity index is 605. The van der Waals surface area contributed by atoms with Gasteiger partial charge in [0, 0.05) is 38.4 Å². The molecule has 3 rings (SSSR count). The van der Waals surface area contributed by atoms with Crippen molar-refractivity contribution in [3.8, 4) is 0 Å². The second kappa shape index (κ2) is 7.53. The van der Waals surface area contributed by atoms with Crippen molar-refractivity contribution in [1.82, 2.24) is 9.88 Å². The summed E-state index contributed by atoms with van der Waals surface area (Å²) in [7, 11) is 0.